The van der Waals surface area contributed by atoms with Crippen molar-refractivity contribution in [2.24, 2.45) is 0 Å². The molecule has 6 nitrogen and oxygen atoms in total. The zero-order valence-corrected chi connectivity index (χ0v) is 17.9. The lowest BCUT2D eigenvalue weighted by molar-refractivity contribution is 0.101. The van der Waals surface area contributed by atoms with E-state index in [0.717, 1.165) is 5.56 Å². The number of carbonyl (C=O) groups excluding carboxylic acids is 2. The van der Waals surface area contributed by atoms with Crippen LogP contribution in [0.3, 0.4) is 0 Å². The largest absolute Gasteiger partial charge is 0.494 e. The molecule has 0 aliphatic heterocycles. The average Bonchev–Trinajstić information content (AvgIpc) is 2.77. The first-order chi connectivity index (χ1) is 15.0. The highest BCUT2D eigenvalue weighted by atomic mass is 16.5. The summed E-state index contributed by atoms with van der Waals surface area (Å²) >= 11 is 0. The predicted octanol–water partition coefficient (Wildman–Crippen LogP) is 5.30. The summed E-state index contributed by atoms with van der Waals surface area (Å²) in [5, 5.41) is 5.77. The summed E-state index contributed by atoms with van der Waals surface area (Å²) in [7, 11) is 0. The second-order valence-electron chi connectivity index (χ2n) is 6.85. The molecule has 0 aromatic heterocycles. The van der Waals surface area contributed by atoms with E-state index in [1.807, 2.05) is 26.8 Å². The van der Waals surface area contributed by atoms with Crippen LogP contribution in [-0.2, 0) is 0 Å². The number of hydrogen-bond acceptors (Lipinski definition) is 4. The molecule has 0 unspecified atom stereocenters. The molecule has 0 saturated carbocycles. The Bertz CT molecular complexity index is 1040. The molecule has 160 valence electrons. The molecule has 0 radical (unpaired) electrons. The van der Waals surface area contributed by atoms with Crippen LogP contribution >= 0.6 is 0 Å². The first kappa shape index (κ1) is 21.9. The maximum atomic E-state index is 12.6. The quantitative estimate of drug-likeness (QED) is 0.521. The summed E-state index contributed by atoms with van der Waals surface area (Å²) in [5.41, 5.74) is 3.14. The second-order valence-corrected chi connectivity index (χ2v) is 6.85. The highest BCUT2D eigenvalue weighted by Crippen LogP contribution is 2.23. The van der Waals surface area contributed by atoms with Crippen LogP contribution in [0, 0.1) is 6.92 Å². The monoisotopic (exact) mass is 418 g/mol. The third kappa shape index (κ3) is 5.85. The third-order valence-corrected chi connectivity index (χ3v) is 4.60. The van der Waals surface area contributed by atoms with E-state index < -0.39 is 0 Å². The minimum Gasteiger partial charge on any atom is -0.494 e. The van der Waals surface area contributed by atoms with Gasteiger partial charge in [-0.1, -0.05) is 6.07 Å². The number of nitrogens with one attached hydrogen (secondary N) is 2. The Kier molecular flexibility index (Phi) is 7.27. The van der Waals surface area contributed by atoms with Gasteiger partial charge in [0.25, 0.3) is 11.8 Å². The Morgan fingerprint density at radius 2 is 1.19 bits per heavy atom. The van der Waals surface area contributed by atoms with Gasteiger partial charge >= 0.3 is 0 Å². The number of anilines is 2. The van der Waals surface area contributed by atoms with Crippen molar-refractivity contribution >= 4 is 23.2 Å². The standard InChI is InChI=1S/C25H26N2O4/c1-4-30-21-12-7-18(8-13-21)24(28)26-20-11-6-17(3)23(16-20)27-25(29)19-9-14-22(15-10-19)31-5-2/h6-16H,4-5H2,1-3H3,(H,26,28)(H,27,29). The van der Waals surface area contributed by atoms with Crippen molar-refractivity contribution in [1.29, 1.82) is 0 Å². The lowest BCUT2D eigenvalue weighted by Gasteiger charge is -2.12. The van der Waals surface area contributed by atoms with Crippen LogP contribution in [0.5, 0.6) is 11.5 Å². The summed E-state index contributed by atoms with van der Waals surface area (Å²) < 4.78 is 10.8. The number of amides is 2. The van der Waals surface area contributed by atoms with Crippen LogP contribution in [0.25, 0.3) is 0 Å². The van der Waals surface area contributed by atoms with Gasteiger partial charge in [-0.05, 0) is 87.0 Å². The van der Waals surface area contributed by atoms with Gasteiger partial charge in [-0.2, -0.15) is 0 Å². The third-order valence-electron chi connectivity index (χ3n) is 4.60. The van der Waals surface area contributed by atoms with E-state index in [1.165, 1.54) is 0 Å². The van der Waals surface area contributed by atoms with Crippen molar-refractivity contribution in [1.82, 2.24) is 0 Å². The molecule has 3 aromatic carbocycles. The van der Waals surface area contributed by atoms with Gasteiger partial charge in [0, 0.05) is 22.5 Å². The molecule has 0 fully saturated rings. The molecular weight excluding hydrogens is 392 g/mol. The van der Waals surface area contributed by atoms with Crippen LogP contribution in [0.15, 0.2) is 66.7 Å². The van der Waals surface area contributed by atoms with Crippen molar-refractivity contribution in [3.05, 3.63) is 83.4 Å². The maximum absolute atomic E-state index is 12.6. The molecule has 2 amide bonds. The Labute approximate surface area is 182 Å². The summed E-state index contributed by atoms with van der Waals surface area (Å²) in [6.45, 7) is 6.85. The molecule has 0 heterocycles. The highest BCUT2D eigenvalue weighted by molar-refractivity contribution is 6.06. The van der Waals surface area contributed by atoms with Gasteiger partial charge in [0.15, 0.2) is 0 Å². The van der Waals surface area contributed by atoms with Gasteiger partial charge in [-0.25, -0.2) is 0 Å². The zero-order valence-electron chi connectivity index (χ0n) is 17.9. The van der Waals surface area contributed by atoms with Crippen LogP contribution in [0.2, 0.25) is 0 Å². The molecule has 0 aliphatic rings. The minimum atomic E-state index is -0.240. The molecule has 0 aliphatic carbocycles. The smallest absolute Gasteiger partial charge is 0.255 e. The SMILES string of the molecule is CCOc1ccc(C(=O)Nc2ccc(C)c(NC(=O)c3ccc(OCC)cc3)c2)cc1. The topological polar surface area (TPSA) is 76.7 Å². The lowest BCUT2D eigenvalue weighted by atomic mass is 10.1. The fourth-order valence-corrected chi connectivity index (χ4v) is 2.97. The molecular formula is C25H26N2O4. The number of hydrogen-bond donors (Lipinski definition) is 2. The summed E-state index contributed by atoms with van der Waals surface area (Å²) in [6.07, 6.45) is 0. The van der Waals surface area contributed by atoms with Crippen molar-refractivity contribution < 1.29 is 19.1 Å². The van der Waals surface area contributed by atoms with Crippen molar-refractivity contribution in [3.63, 3.8) is 0 Å². The Hall–Kier alpha value is -3.80. The van der Waals surface area contributed by atoms with Gasteiger partial charge in [0.2, 0.25) is 0 Å². The van der Waals surface area contributed by atoms with Crippen molar-refractivity contribution in [2.75, 3.05) is 23.8 Å². The Morgan fingerprint density at radius 3 is 1.68 bits per heavy atom. The molecule has 3 rings (SSSR count). The first-order valence-electron chi connectivity index (χ1n) is 10.2. The van der Waals surface area contributed by atoms with Crippen molar-refractivity contribution in [2.45, 2.75) is 20.8 Å². The number of aryl methyl sites for hydroxylation is 1. The molecule has 3 aromatic rings. The fourth-order valence-electron chi connectivity index (χ4n) is 2.97. The van der Waals surface area contributed by atoms with E-state index in [4.69, 9.17) is 9.47 Å². The molecule has 0 spiro atoms. The van der Waals surface area contributed by atoms with E-state index in [1.54, 1.807) is 60.7 Å². The molecule has 0 bridgehead atoms. The van der Waals surface area contributed by atoms with E-state index in [-0.39, 0.29) is 11.8 Å². The van der Waals surface area contributed by atoms with Gasteiger partial charge in [-0.3, -0.25) is 9.59 Å². The average molecular weight is 418 g/mol. The maximum Gasteiger partial charge on any atom is 0.255 e. The Morgan fingerprint density at radius 1 is 0.710 bits per heavy atom. The van der Waals surface area contributed by atoms with Crippen LogP contribution in [0.1, 0.15) is 40.1 Å². The van der Waals surface area contributed by atoms with Crippen LogP contribution in [0.4, 0.5) is 11.4 Å². The number of rotatable bonds is 8. The van der Waals surface area contributed by atoms with E-state index >= 15 is 0 Å². The second kappa shape index (κ2) is 10.3. The molecule has 31 heavy (non-hydrogen) atoms. The van der Waals surface area contributed by atoms with Gasteiger partial charge in [-0.15, -0.1) is 0 Å². The highest BCUT2D eigenvalue weighted by Gasteiger charge is 2.11. The van der Waals surface area contributed by atoms with Gasteiger partial charge in [0.05, 0.1) is 13.2 Å². The molecule has 2 N–H and O–H groups in total. The lowest BCUT2D eigenvalue weighted by Crippen LogP contribution is -2.14. The van der Waals surface area contributed by atoms with E-state index in [0.29, 0.717) is 47.2 Å². The number of benzene rings is 3. The molecule has 6 heteroatoms. The fraction of sp³-hybridized carbons (Fsp3) is 0.200. The van der Waals surface area contributed by atoms with E-state index in [9.17, 15) is 9.59 Å². The first-order valence-corrected chi connectivity index (χ1v) is 10.2. The molecule has 0 atom stereocenters. The zero-order chi connectivity index (χ0) is 22.2. The molecule has 0 saturated heterocycles. The van der Waals surface area contributed by atoms with E-state index in [2.05, 4.69) is 10.6 Å². The summed E-state index contributed by atoms with van der Waals surface area (Å²) in [4.78, 5) is 25.2. The number of carbonyl (C=O) groups is 2. The normalized spacial score (nSPS) is 10.3. The number of ether oxygens (including phenoxy) is 2. The van der Waals surface area contributed by atoms with Gasteiger partial charge < -0.3 is 20.1 Å². The van der Waals surface area contributed by atoms with Crippen LogP contribution in [-0.4, -0.2) is 25.0 Å². The Balaban J connectivity index is 1.69. The van der Waals surface area contributed by atoms with Crippen LogP contribution < -0.4 is 20.1 Å². The predicted molar refractivity (Wildman–Crippen MR) is 122 cm³/mol. The summed E-state index contributed by atoms with van der Waals surface area (Å²) in [6, 6.07) is 19.3. The van der Waals surface area contributed by atoms with Crippen molar-refractivity contribution in [3.8, 4) is 11.5 Å². The van der Waals surface area contributed by atoms with Gasteiger partial charge in [0.1, 0.15) is 11.5 Å². The minimum absolute atomic E-state index is 0.235. The summed E-state index contributed by atoms with van der Waals surface area (Å²) in [5.74, 6) is 0.958.